The van der Waals surface area contributed by atoms with E-state index in [1.165, 1.54) is 88.3 Å². The first-order valence-corrected chi connectivity index (χ1v) is 18.1. The van der Waals surface area contributed by atoms with Crippen LogP contribution in [0.3, 0.4) is 0 Å². The van der Waals surface area contributed by atoms with Crippen molar-refractivity contribution in [1.82, 2.24) is 0 Å². The fourth-order valence-electron chi connectivity index (χ4n) is 8.86. The number of nitriles is 1. The molecule has 2 heteroatoms. The van der Waals surface area contributed by atoms with Crippen molar-refractivity contribution < 1.29 is 0 Å². The van der Waals surface area contributed by atoms with Gasteiger partial charge in [-0.3, -0.25) is 0 Å². The van der Waals surface area contributed by atoms with E-state index in [1.54, 1.807) is 0 Å². The highest BCUT2D eigenvalue weighted by molar-refractivity contribution is 6.20. The maximum absolute atomic E-state index is 9.82. The first kappa shape index (κ1) is 29.5. The molecule has 0 heterocycles. The Morgan fingerprint density at radius 1 is 0.321 bits per heavy atom. The second-order valence-corrected chi connectivity index (χ2v) is 14.0. The van der Waals surface area contributed by atoms with E-state index >= 15 is 0 Å². The zero-order valence-electron chi connectivity index (χ0n) is 28.7. The maximum atomic E-state index is 9.82. The van der Waals surface area contributed by atoms with Crippen molar-refractivity contribution in [3.63, 3.8) is 0 Å². The van der Waals surface area contributed by atoms with Crippen LogP contribution in [0, 0.1) is 11.3 Å². The number of rotatable bonds is 5. The van der Waals surface area contributed by atoms with Gasteiger partial charge in [-0.2, -0.15) is 5.26 Å². The summed E-state index contributed by atoms with van der Waals surface area (Å²) in [4.78, 5) is 2.24. The van der Waals surface area contributed by atoms with Crippen molar-refractivity contribution >= 4 is 38.6 Å². The molecule has 53 heavy (non-hydrogen) atoms. The normalized spacial score (nSPS) is 11.8. The van der Waals surface area contributed by atoms with Gasteiger partial charge in [-0.25, -0.2) is 0 Å². The topological polar surface area (TPSA) is 27.0 Å². The third kappa shape index (κ3) is 4.38. The SMILES string of the molecule is N#Cc1cccc(N(c2ccc(-c3ccc4c5c(cccc35)-c3ccccc3-4)cc2)c2ccc(-c3ccc4c5c(cccc35)-c3ccccc3-4)cc2)c1. The summed E-state index contributed by atoms with van der Waals surface area (Å²) in [6.07, 6.45) is 0. The molecule has 2 aliphatic carbocycles. The molecule has 0 atom stereocenters. The van der Waals surface area contributed by atoms with Crippen LogP contribution in [0.25, 0.3) is 88.3 Å². The van der Waals surface area contributed by atoms with Gasteiger partial charge >= 0.3 is 0 Å². The Labute approximate surface area is 308 Å². The van der Waals surface area contributed by atoms with Crippen LogP contribution in [0.2, 0.25) is 0 Å². The molecule has 0 N–H and O–H groups in total. The van der Waals surface area contributed by atoms with E-state index in [-0.39, 0.29) is 0 Å². The predicted octanol–water partition coefficient (Wildman–Crippen LogP) is 14.0. The Morgan fingerprint density at radius 2 is 0.717 bits per heavy atom. The molecule has 0 fully saturated rings. The molecule has 0 amide bonds. The molecule has 244 valence electrons. The highest BCUT2D eigenvalue weighted by atomic mass is 15.1. The van der Waals surface area contributed by atoms with Crippen LogP contribution in [0.15, 0.2) is 182 Å². The standard InChI is InChI=1S/C51H30N2/c52-31-32-8-5-9-37(30-32)53(35-22-18-33(19-23-35)38-26-28-48-42-12-3-1-10-40(42)46-16-6-14-44(38)50(46)48)36-24-20-34(21-25-36)39-27-29-49-43-13-4-2-11-41(43)47-17-7-15-45(39)51(47)49/h1-30H. The average molecular weight is 671 g/mol. The molecule has 2 aliphatic rings. The van der Waals surface area contributed by atoms with E-state index in [0.29, 0.717) is 5.56 Å². The number of benzene rings is 9. The molecule has 9 aromatic carbocycles. The molecule has 0 aromatic heterocycles. The lowest BCUT2D eigenvalue weighted by Gasteiger charge is -2.26. The van der Waals surface area contributed by atoms with E-state index in [2.05, 4.69) is 175 Å². The van der Waals surface area contributed by atoms with Gasteiger partial charge in [0.25, 0.3) is 0 Å². The highest BCUT2D eigenvalue weighted by Crippen LogP contribution is 2.51. The average Bonchev–Trinajstić information content (AvgIpc) is 3.74. The Hall–Kier alpha value is -7.21. The summed E-state index contributed by atoms with van der Waals surface area (Å²) in [5.74, 6) is 0. The second-order valence-electron chi connectivity index (χ2n) is 14.0. The number of fused-ring (bicyclic) bond motifs is 6. The Bertz CT molecular complexity index is 2760. The van der Waals surface area contributed by atoms with Crippen LogP contribution >= 0.6 is 0 Å². The van der Waals surface area contributed by atoms with Crippen LogP contribution in [-0.4, -0.2) is 0 Å². The van der Waals surface area contributed by atoms with Crippen molar-refractivity contribution in [3.05, 3.63) is 188 Å². The third-order valence-corrected chi connectivity index (χ3v) is 11.2. The van der Waals surface area contributed by atoms with Crippen LogP contribution < -0.4 is 4.90 Å². The van der Waals surface area contributed by atoms with E-state index in [1.807, 2.05) is 18.2 Å². The Kier molecular flexibility index (Phi) is 6.35. The van der Waals surface area contributed by atoms with Gasteiger partial charge in [0.2, 0.25) is 0 Å². The minimum absolute atomic E-state index is 0.628. The molecule has 0 unspecified atom stereocenters. The van der Waals surface area contributed by atoms with Gasteiger partial charge in [-0.05, 0) is 131 Å². The summed E-state index contributed by atoms with van der Waals surface area (Å²) in [6.45, 7) is 0. The number of anilines is 3. The van der Waals surface area contributed by atoms with Crippen molar-refractivity contribution in [2.24, 2.45) is 0 Å². The minimum atomic E-state index is 0.628. The zero-order chi connectivity index (χ0) is 35.0. The predicted molar refractivity (Wildman–Crippen MR) is 221 cm³/mol. The van der Waals surface area contributed by atoms with Crippen LogP contribution in [0.4, 0.5) is 17.1 Å². The van der Waals surface area contributed by atoms with Crippen molar-refractivity contribution in [1.29, 1.82) is 5.26 Å². The molecule has 0 radical (unpaired) electrons. The minimum Gasteiger partial charge on any atom is -0.310 e. The molecule has 0 spiro atoms. The summed E-state index contributed by atoms with van der Waals surface area (Å²) in [5.41, 5.74) is 18.9. The molecule has 2 nitrogen and oxygen atoms in total. The molecule has 0 saturated heterocycles. The van der Waals surface area contributed by atoms with E-state index in [4.69, 9.17) is 0 Å². The fraction of sp³-hybridized carbons (Fsp3) is 0. The number of hydrogen-bond donors (Lipinski definition) is 0. The van der Waals surface area contributed by atoms with Gasteiger partial charge in [0.05, 0.1) is 11.6 Å². The quantitative estimate of drug-likeness (QED) is 0.182. The van der Waals surface area contributed by atoms with E-state index in [9.17, 15) is 5.26 Å². The zero-order valence-corrected chi connectivity index (χ0v) is 28.7. The first-order chi connectivity index (χ1) is 26.2. The molecule has 0 aliphatic heterocycles. The fourth-order valence-corrected chi connectivity index (χ4v) is 8.86. The van der Waals surface area contributed by atoms with E-state index in [0.717, 1.165) is 17.1 Å². The monoisotopic (exact) mass is 670 g/mol. The molecule has 9 aromatic rings. The third-order valence-electron chi connectivity index (χ3n) is 11.2. The molecular formula is C51H30N2. The van der Waals surface area contributed by atoms with Gasteiger partial charge < -0.3 is 4.90 Å². The van der Waals surface area contributed by atoms with Crippen molar-refractivity contribution in [2.75, 3.05) is 4.90 Å². The smallest absolute Gasteiger partial charge is 0.0992 e. The van der Waals surface area contributed by atoms with Crippen LogP contribution in [-0.2, 0) is 0 Å². The molecular weight excluding hydrogens is 641 g/mol. The van der Waals surface area contributed by atoms with Crippen molar-refractivity contribution in [3.8, 4) is 72.8 Å². The van der Waals surface area contributed by atoms with Gasteiger partial charge in [0.15, 0.2) is 0 Å². The summed E-state index contributed by atoms with van der Waals surface area (Å²) in [6, 6.07) is 67.7. The van der Waals surface area contributed by atoms with Gasteiger partial charge in [-0.1, -0.05) is 140 Å². The van der Waals surface area contributed by atoms with Gasteiger partial charge in [0.1, 0.15) is 0 Å². The summed E-state index contributed by atoms with van der Waals surface area (Å²) >= 11 is 0. The van der Waals surface area contributed by atoms with Crippen LogP contribution in [0.1, 0.15) is 5.56 Å². The van der Waals surface area contributed by atoms with Crippen LogP contribution in [0.5, 0.6) is 0 Å². The molecule has 0 bridgehead atoms. The lowest BCUT2D eigenvalue weighted by atomic mass is 9.94. The van der Waals surface area contributed by atoms with Crippen molar-refractivity contribution in [2.45, 2.75) is 0 Å². The molecule has 11 rings (SSSR count). The van der Waals surface area contributed by atoms with Gasteiger partial charge in [-0.15, -0.1) is 0 Å². The lowest BCUT2D eigenvalue weighted by Crippen LogP contribution is -2.10. The second kappa shape index (κ2) is 11.4. The highest BCUT2D eigenvalue weighted by Gasteiger charge is 2.24. The Balaban J connectivity index is 0.992. The number of hydrogen-bond acceptors (Lipinski definition) is 2. The van der Waals surface area contributed by atoms with E-state index < -0.39 is 0 Å². The maximum Gasteiger partial charge on any atom is 0.0992 e. The Morgan fingerprint density at radius 3 is 1.17 bits per heavy atom. The number of nitrogens with zero attached hydrogens (tertiary/aromatic N) is 2. The largest absolute Gasteiger partial charge is 0.310 e. The molecule has 0 saturated carbocycles. The summed E-state index contributed by atoms with van der Waals surface area (Å²) in [7, 11) is 0. The van der Waals surface area contributed by atoms with Gasteiger partial charge in [0, 0.05) is 17.1 Å². The first-order valence-electron chi connectivity index (χ1n) is 18.1. The lowest BCUT2D eigenvalue weighted by molar-refractivity contribution is 1.28. The summed E-state index contributed by atoms with van der Waals surface area (Å²) < 4.78 is 0. The summed E-state index contributed by atoms with van der Waals surface area (Å²) in [5, 5.41) is 15.0.